The first-order valence-corrected chi connectivity index (χ1v) is 4.82. The lowest BCUT2D eigenvalue weighted by Gasteiger charge is -2.02. The standard InChI is InChI=1S/C10H9N5O2/c1-6(16)7-2-4-8(5-3-7)11-10(17)9-12-14-15-13-9/h2-5H,1H3,(H,11,17)(H,12,13,14,15). The number of Topliss-reactive ketones (excluding diaryl/α,β-unsaturated/α-hetero) is 1. The third kappa shape index (κ3) is 2.51. The van der Waals surface area contributed by atoms with Crippen molar-refractivity contribution < 1.29 is 9.59 Å². The van der Waals surface area contributed by atoms with Crippen LogP contribution in [0.15, 0.2) is 24.3 Å². The molecule has 7 heteroatoms. The number of nitrogens with zero attached hydrogens (tertiary/aromatic N) is 3. The summed E-state index contributed by atoms with van der Waals surface area (Å²) in [5.41, 5.74) is 1.15. The van der Waals surface area contributed by atoms with Gasteiger partial charge in [0.25, 0.3) is 11.7 Å². The molecule has 17 heavy (non-hydrogen) atoms. The number of tetrazole rings is 1. The number of amides is 1. The van der Waals surface area contributed by atoms with Gasteiger partial charge >= 0.3 is 0 Å². The third-order valence-electron chi connectivity index (χ3n) is 2.10. The van der Waals surface area contributed by atoms with Crippen molar-refractivity contribution in [3.8, 4) is 0 Å². The summed E-state index contributed by atoms with van der Waals surface area (Å²) in [6.07, 6.45) is 0. The highest BCUT2D eigenvalue weighted by molar-refractivity contribution is 6.01. The van der Waals surface area contributed by atoms with Gasteiger partial charge in [0.1, 0.15) is 0 Å². The molecular formula is C10H9N5O2. The number of benzene rings is 1. The molecule has 86 valence electrons. The second-order valence-corrected chi connectivity index (χ2v) is 3.32. The number of aromatic amines is 1. The van der Waals surface area contributed by atoms with Gasteiger partial charge in [-0.05, 0) is 36.4 Å². The molecule has 1 aromatic carbocycles. The van der Waals surface area contributed by atoms with Crippen LogP contribution >= 0.6 is 0 Å². The highest BCUT2D eigenvalue weighted by Crippen LogP contribution is 2.10. The van der Waals surface area contributed by atoms with Crippen molar-refractivity contribution in [1.29, 1.82) is 0 Å². The Morgan fingerprint density at radius 3 is 2.47 bits per heavy atom. The molecule has 0 unspecified atom stereocenters. The molecule has 1 heterocycles. The van der Waals surface area contributed by atoms with Crippen LogP contribution in [0.2, 0.25) is 0 Å². The fraction of sp³-hybridized carbons (Fsp3) is 0.100. The molecule has 0 fully saturated rings. The maximum Gasteiger partial charge on any atom is 0.297 e. The van der Waals surface area contributed by atoms with Gasteiger partial charge in [-0.2, -0.15) is 5.21 Å². The maximum absolute atomic E-state index is 11.5. The number of hydrogen-bond donors (Lipinski definition) is 2. The van der Waals surface area contributed by atoms with Crippen LogP contribution in [0.25, 0.3) is 0 Å². The SMILES string of the molecule is CC(=O)c1ccc(NC(=O)c2nn[nH]n2)cc1. The van der Waals surface area contributed by atoms with E-state index in [1.165, 1.54) is 6.92 Å². The number of carbonyl (C=O) groups is 2. The van der Waals surface area contributed by atoms with E-state index in [0.29, 0.717) is 11.3 Å². The van der Waals surface area contributed by atoms with Gasteiger partial charge in [-0.1, -0.05) is 0 Å². The Morgan fingerprint density at radius 1 is 1.24 bits per heavy atom. The highest BCUT2D eigenvalue weighted by Gasteiger charge is 2.10. The average Bonchev–Trinajstić information content (AvgIpc) is 2.83. The summed E-state index contributed by atoms with van der Waals surface area (Å²) in [5.74, 6) is -0.531. The monoisotopic (exact) mass is 231 g/mol. The predicted octanol–water partition coefficient (Wildman–Crippen LogP) is 0.655. The van der Waals surface area contributed by atoms with Crippen LogP contribution in [0, 0.1) is 0 Å². The van der Waals surface area contributed by atoms with E-state index in [9.17, 15) is 9.59 Å². The molecule has 0 aliphatic rings. The Labute approximate surface area is 96.2 Å². The number of anilines is 1. The molecule has 0 radical (unpaired) electrons. The van der Waals surface area contributed by atoms with Crippen LogP contribution in [0.5, 0.6) is 0 Å². The first-order chi connectivity index (χ1) is 8.16. The summed E-state index contributed by atoms with van der Waals surface area (Å²) < 4.78 is 0. The molecule has 1 aromatic heterocycles. The molecule has 0 saturated heterocycles. The molecule has 0 saturated carbocycles. The summed E-state index contributed by atoms with van der Waals surface area (Å²) in [6.45, 7) is 1.48. The molecule has 0 aliphatic carbocycles. The molecule has 0 bridgehead atoms. The van der Waals surface area contributed by atoms with E-state index < -0.39 is 5.91 Å². The van der Waals surface area contributed by atoms with E-state index >= 15 is 0 Å². The van der Waals surface area contributed by atoms with Crippen LogP contribution < -0.4 is 5.32 Å². The van der Waals surface area contributed by atoms with Crippen molar-refractivity contribution >= 4 is 17.4 Å². The zero-order chi connectivity index (χ0) is 12.3. The average molecular weight is 231 g/mol. The van der Waals surface area contributed by atoms with E-state index in [-0.39, 0.29) is 11.6 Å². The second-order valence-electron chi connectivity index (χ2n) is 3.32. The van der Waals surface area contributed by atoms with Gasteiger partial charge in [0.05, 0.1) is 0 Å². The molecule has 0 spiro atoms. The van der Waals surface area contributed by atoms with Gasteiger partial charge in [0.15, 0.2) is 5.78 Å². The topological polar surface area (TPSA) is 101 Å². The molecule has 7 nitrogen and oxygen atoms in total. The number of ketones is 1. The molecule has 2 N–H and O–H groups in total. The Hall–Kier alpha value is -2.57. The zero-order valence-corrected chi connectivity index (χ0v) is 8.97. The van der Waals surface area contributed by atoms with Crippen LogP contribution in [0.1, 0.15) is 27.9 Å². The Morgan fingerprint density at radius 2 is 1.94 bits per heavy atom. The minimum absolute atomic E-state index is 0.0268. The van der Waals surface area contributed by atoms with E-state index in [4.69, 9.17) is 0 Å². The second kappa shape index (κ2) is 4.52. The summed E-state index contributed by atoms with van der Waals surface area (Å²) in [7, 11) is 0. The maximum atomic E-state index is 11.5. The number of H-pyrrole nitrogens is 1. The molecular weight excluding hydrogens is 222 g/mol. The third-order valence-corrected chi connectivity index (χ3v) is 2.10. The molecule has 1 amide bonds. The lowest BCUT2D eigenvalue weighted by Crippen LogP contribution is -2.13. The first-order valence-electron chi connectivity index (χ1n) is 4.82. The molecule has 2 aromatic rings. The van der Waals surface area contributed by atoms with Gasteiger partial charge in [0, 0.05) is 11.3 Å². The number of rotatable bonds is 3. The Balaban J connectivity index is 2.09. The van der Waals surface area contributed by atoms with Gasteiger partial charge in [-0.15, -0.1) is 10.2 Å². The fourth-order valence-electron chi connectivity index (χ4n) is 1.23. The van der Waals surface area contributed by atoms with Gasteiger partial charge in [0.2, 0.25) is 0 Å². The Kier molecular flexibility index (Phi) is 2.91. The number of nitrogens with one attached hydrogen (secondary N) is 2. The number of aromatic nitrogens is 4. The van der Waals surface area contributed by atoms with Crippen molar-refractivity contribution in [3.63, 3.8) is 0 Å². The predicted molar refractivity (Wildman–Crippen MR) is 58.6 cm³/mol. The minimum Gasteiger partial charge on any atom is -0.319 e. The fourth-order valence-corrected chi connectivity index (χ4v) is 1.23. The van der Waals surface area contributed by atoms with Crippen LogP contribution in [-0.4, -0.2) is 32.3 Å². The summed E-state index contributed by atoms with van der Waals surface area (Å²) >= 11 is 0. The zero-order valence-electron chi connectivity index (χ0n) is 8.97. The van der Waals surface area contributed by atoms with Crippen molar-refractivity contribution in [1.82, 2.24) is 20.6 Å². The van der Waals surface area contributed by atoms with Crippen LogP contribution in [-0.2, 0) is 0 Å². The minimum atomic E-state index is -0.464. The normalized spacial score (nSPS) is 9.94. The smallest absolute Gasteiger partial charge is 0.297 e. The van der Waals surface area contributed by atoms with Crippen molar-refractivity contribution in [2.45, 2.75) is 6.92 Å². The van der Waals surface area contributed by atoms with Crippen LogP contribution in [0.4, 0.5) is 5.69 Å². The summed E-state index contributed by atoms with van der Waals surface area (Å²) in [5, 5.41) is 15.1. The van der Waals surface area contributed by atoms with E-state index in [1.807, 2.05) is 0 Å². The van der Waals surface area contributed by atoms with Gasteiger partial charge < -0.3 is 5.32 Å². The lowest BCUT2D eigenvalue weighted by atomic mass is 10.1. The van der Waals surface area contributed by atoms with Gasteiger partial charge in [-0.3, -0.25) is 9.59 Å². The molecule has 2 rings (SSSR count). The van der Waals surface area contributed by atoms with Gasteiger partial charge in [-0.25, -0.2) is 0 Å². The van der Waals surface area contributed by atoms with E-state index in [2.05, 4.69) is 25.9 Å². The number of carbonyl (C=O) groups excluding carboxylic acids is 2. The quantitative estimate of drug-likeness (QED) is 0.755. The summed E-state index contributed by atoms with van der Waals surface area (Å²) in [6, 6.07) is 6.53. The highest BCUT2D eigenvalue weighted by atomic mass is 16.2. The van der Waals surface area contributed by atoms with Crippen LogP contribution in [0.3, 0.4) is 0 Å². The van der Waals surface area contributed by atoms with E-state index in [0.717, 1.165) is 0 Å². The molecule has 0 atom stereocenters. The van der Waals surface area contributed by atoms with Crippen molar-refractivity contribution in [2.24, 2.45) is 0 Å². The van der Waals surface area contributed by atoms with Crippen molar-refractivity contribution in [2.75, 3.05) is 5.32 Å². The summed E-state index contributed by atoms with van der Waals surface area (Å²) in [4.78, 5) is 22.6. The van der Waals surface area contributed by atoms with E-state index in [1.54, 1.807) is 24.3 Å². The first kappa shape index (κ1) is 10.9. The lowest BCUT2D eigenvalue weighted by molar-refractivity contribution is 0.101. The number of hydrogen-bond acceptors (Lipinski definition) is 5. The largest absolute Gasteiger partial charge is 0.319 e. The molecule has 0 aliphatic heterocycles. The Bertz CT molecular complexity index is 532. The van der Waals surface area contributed by atoms with Crippen molar-refractivity contribution in [3.05, 3.63) is 35.7 Å².